The monoisotopic (exact) mass is 334 g/mol. The summed E-state index contributed by atoms with van der Waals surface area (Å²) in [6.45, 7) is 3.52. The van der Waals surface area contributed by atoms with Crippen LogP contribution in [0.1, 0.15) is 26.7 Å². The number of nitro groups is 1. The van der Waals surface area contributed by atoms with E-state index in [0.29, 0.717) is 12.8 Å². The first-order chi connectivity index (χ1) is 8.89. The molecule has 1 rings (SSSR count). The Hall–Kier alpha value is -1.21. The molecule has 0 aliphatic rings. The topological polar surface area (TPSA) is 75.4 Å². The molecule has 0 aliphatic heterocycles. The standard InChI is InChI=1S/C12H16BrFN2O3/c1-3-12(4-2,7-17)15-10-6-9(14)8(13)5-11(10)16(18)19/h5-6,15,17H,3-4,7H2,1-2H3. The third-order valence-corrected chi connectivity index (χ3v) is 3.90. The van der Waals surface area contributed by atoms with E-state index in [1.54, 1.807) is 0 Å². The zero-order valence-electron chi connectivity index (χ0n) is 10.7. The van der Waals surface area contributed by atoms with Crippen molar-refractivity contribution in [3.8, 4) is 0 Å². The molecule has 0 unspecified atom stereocenters. The highest BCUT2D eigenvalue weighted by Crippen LogP contribution is 2.33. The number of nitrogens with zero attached hydrogens (tertiary/aromatic N) is 1. The lowest BCUT2D eigenvalue weighted by molar-refractivity contribution is -0.384. The number of anilines is 1. The Labute approximate surface area is 119 Å². The number of benzene rings is 1. The molecule has 0 amide bonds. The normalized spacial score (nSPS) is 11.4. The summed E-state index contributed by atoms with van der Waals surface area (Å²) in [5, 5.41) is 23.4. The van der Waals surface area contributed by atoms with Crippen LogP contribution in [-0.4, -0.2) is 22.2 Å². The third kappa shape index (κ3) is 3.42. The summed E-state index contributed by atoms with van der Waals surface area (Å²) < 4.78 is 13.6. The van der Waals surface area contributed by atoms with E-state index in [0.717, 1.165) is 12.1 Å². The molecule has 7 heteroatoms. The first-order valence-electron chi connectivity index (χ1n) is 5.91. The van der Waals surface area contributed by atoms with Crippen LogP contribution in [0.3, 0.4) is 0 Å². The van der Waals surface area contributed by atoms with Crippen LogP contribution in [0.4, 0.5) is 15.8 Å². The Kier molecular flexibility index (Phi) is 5.25. The zero-order chi connectivity index (χ0) is 14.6. The molecule has 0 heterocycles. The van der Waals surface area contributed by atoms with Crippen molar-refractivity contribution in [2.24, 2.45) is 0 Å². The van der Waals surface area contributed by atoms with E-state index < -0.39 is 16.3 Å². The summed E-state index contributed by atoms with van der Waals surface area (Å²) >= 11 is 2.92. The van der Waals surface area contributed by atoms with Gasteiger partial charge in [0.05, 0.1) is 21.5 Å². The molecule has 1 aromatic carbocycles. The fourth-order valence-electron chi connectivity index (χ4n) is 1.76. The summed E-state index contributed by atoms with van der Waals surface area (Å²) in [6.07, 6.45) is 1.13. The maximum absolute atomic E-state index is 13.5. The summed E-state index contributed by atoms with van der Waals surface area (Å²) in [5.74, 6) is -0.591. The van der Waals surface area contributed by atoms with Gasteiger partial charge in [-0.1, -0.05) is 13.8 Å². The van der Waals surface area contributed by atoms with Crippen molar-refractivity contribution in [3.63, 3.8) is 0 Å². The molecule has 0 bridgehead atoms. The summed E-state index contributed by atoms with van der Waals surface area (Å²) in [4.78, 5) is 10.4. The highest BCUT2D eigenvalue weighted by atomic mass is 79.9. The Bertz CT molecular complexity index is 470. The molecule has 1 aromatic rings. The maximum atomic E-state index is 13.5. The van der Waals surface area contributed by atoms with Gasteiger partial charge in [0.2, 0.25) is 0 Å². The minimum absolute atomic E-state index is 0.0346. The van der Waals surface area contributed by atoms with E-state index in [9.17, 15) is 19.6 Å². The minimum atomic E-state index is -0.689. The zero-order valence-corrected chi connectivity index (χ0v) is 12.3. The van der Waals surface area contributed by atoms with Crippen LogP contribution in [0.2, 0.25) is 0 Å². The number of hydrogen-bond donors (Lipinski definition) is 2. The number of halogens is 2. The molecule has 106 valence electrons. The molecule has 0 aliphatic carbocycles. The Morgan fingerprint density at radius 3 is 2.47 bits per heavy atom. The fraction of sp³-hybridized carbons (Fsp3) is 0.500. The maximum Gasteiger partial charge on any atom is 0.293 e. The quantitative estimate of drug-likeness (QED) is 0.617. The average molecular weight is 335 g/mol. The van der Waals surface area contributed by atoms with E-state index >= 15 is 0 Å². The van der Waals surface area contributed by atoms with Crippen molar-refractivity contribution >= 4 is 27.3 Å². The first-order valence-corrected chi connectivity index (χ1v) is 6.71. The second-order valence-electron chi connectivity index (χ2n) is 4.31. The predicted molar refractivity (Wildman–Crippen MR) is 74.8 cm³/mol. The highest BCUT2D eigenvalue weighted by molar-refractivity contribution is 9.10. The van der Waals surface area contributed by atoms with E-state index in [2.05, 4.69) is 21.2 Å². The van der Waals surface area contributed by atoms with Crippen molar-refractivity contribution < 1.29 is 14.4 Å². The number of rotatable bonds is 6. The Balaban J connectivity index is 3.26. The number of aliphatic hydroxyl groups excluding tert-OH is 1. The van der Waals surface area contributed by atoms with Gasteiger partial charge in [-0.05, 0) is 28.8 Å². The van der Waals surface area contributed by atoms with Crippen LogP contribution in [0.5, 0.6) is 0 Å². The molecule has 2 N–H and O–H groups in total. The van der Waals surface area contributed by atoms with E-state index in [-0.39, 0.29) is 22.5 Å². The summed E-state index contributed by atoms with van der Waals surface area (Å²) in [6, 6.07) is 2.18. The fourth-order valence-corrected chi connectivity index (χ4v) is 2.09. The van der Waals surface area contributed by atoms with Gasteiger partial charge in [0.1, 0.15) is 11.5 Å². The van der Waals surface area contributed by atoms with Crippen molar-refractivity contribution in [1.29, 1.82) is 0 Å². The van der Waals surface area contributed by atoms with Crippen LogP contribution in [0, 0.1) is 15.9 Å². The molecular formula is C12H16BrFN2O3. The third-order valence-electron chi connectivity index (χ3n) is 3.29. The number of aliphatic hydroxyl groups is 1. The molecule has 0 saturated carbocycles. The number of hydrogen-bond acceptors (Lipinski definition) is 4. The van der Waals surface area contributed by atoms with E-state index in [1.807, 2.05) is 13.8 Å². The molecule has 0 saturated heterocycles. The van der Waals surface area contributed by atoms with Gasteiger partial charge in [-0.3, -0.25) is 10.1 Å². The lowest BCUT2D eigenvalue weighted by Gasteiger charge is -2.31. The predicted octanol–water partition coefficient (Wildman–Crippen LogP) is 3.46. The molecular weight excluding hydrogens is 319 g/mol. The van der Waals surface area contributed by atoms with Crippen LogP contribution in [0.15, 0.2) is 16.6 Å². The van der Waals surface area contributed by atoms with Crippen LogP contribution >= 0.6 is 15.9 Å². The van der Waals surface area contributed by atoms with Crippen molar-refractivity contribution in [1.82, 2.24) is 0 Å². The van der Waals surface area contributed by atoms with Gasteiger partial charge in [0.25, 0.3) is 5.69 Å². The second-order valence-corrected chi connectivity index (χ2v) is 5.17. The average Bonchev–Trinajstić information content (AvgIpc) is 2.39. The molecule has 5 nitrogen and oxygen atoms in total. The second kappa shape index (κ2) is 6.29. The number of nitrogens with one attached hydrogen (secondary N) is 1. The Morgan fingerprint density at radius 1 is 1.47 bits per heavy atom. The van der Waals surface area contributed by atoms with Gasteiger partial charge in [0, 0.05) is 12.1 Å². The summed E-state index contributed by atoms with van der Waals surface area (Å²) in [5.41, 5.74) is -0.846. The minimum Gasteiger partial charge on any atom is -0.394 e. The van der Waals surface area contributed by atoms with Crippen LogP contribution < -0.4 is 5.32 Å². The van der Waals surface area contributed by atoms with Gasteiger partial charge in [-0.15, -0.1) is 0 Å². The molecule has 0 aromatic heterocycles. The molecule has 0 fully saturated rings. The lowest BCUT2D eigenvalue weighted by Crippen LogP contribution is -2.41. The summed E-state index contributed by atoms with van der Waals surface area (Å²) in [7, 11) is 0. The van der Waals surface area contributed by atoms with Crippen molar-refractivity contribution in [3.05, 3.63) is 32.5 Å². The molecule has 0 spiro atoms. The first kappa shape index (κ1) is 15.8. The van der Waals surface area contributed by atoms with Crippen LogP contribution in [-0.2, 0) is 0 Å². The lowest BCUT2D eigenvalue weighted by atomic mass is 9.93. The van der Waals surface area contributed by atoms with E-state index in [4.69, 9.17) is 0 Å². The largest absolute Gasteiger partial charge is 0.394 e. The molecule has 0 atom stereocenters. The molecule has 19 heavy (non-hydrogen) atoms. The van der Waals surface area contributed by atoms with Gasteiger partial charge in [0.15, 0.2) is 0 Å². The van der Waals surface area contributed by atoms with Gasteiger partial charge in [-0.2, -0.15) is 0 Å². The Morgan fingerprint density at radius 2 is 2.05 bits per heavy atom. The van der Waals surface area contributed by atoms with Crippen LogP contribution in [0.25, 0.3) is 0 Å². The van der Waals surface area contributed by atoms with Gasteiger partial charge in [-0.25, -0.2) is 4.39 Å². The molecule has 0 radical (unpaired) electrons. The van der Waals surface area contributed by atoms with Crippen molar-refractivity contribution in [2.45, 2.75) is 32.2 Å². The van der Waals surface area contributed by atoms with E-state index in [1.165, 1.54) is 0 Å². The SMILES string of the molecule is CCC(CC)(CO)Nc1cc(F)c(Br)cc1[N+](=O)[O-]. The van der Waals surface area contributed by atoms with Gasteiger partial charge < -0.3 is 10.4 Å². The van der Waals surface area contributed by atoms with Crippen molar-refractivity contribution in [2.75, 3.05) is 11.9 Å². The number of nitro benzene ring substituents is 1. The highest BCUT2D eigenvalue weighted by Gasteiger charge is 2.28. The van der Waals surface area contributed by atoms with Gasteiger partial charge >= 0.3 is 0 Å². The smallest absolute Gasteiger partial charge is 0.293 e.